The first-order valence-corrected chi connectivity index (χ1v) is 8.96. The van der Waals surface area contributed by atoms with Crippen LogP contribution in [0.4, 0.5) is 10.1 Å². The van der Waals surface area contributed by atoms with Gasteiger partial charge < -0.3 is 15.5 Å². The monoisotopic (exact) mass is 373 g/mol. The van der Waals surface area contributed by atoms with Gasteiger partial charge >= 0.3 is 0 Å². The van der Waals surface area contributed by atoms with E-state index in [9.17, 15) is 14.0 Å². The number of rotatable bonds is 5. The number of primary amides is 1. The highest BCUT2D eigenvalue weighted by Crippen LogP contribution is 2.21. The standard InChI is InChI=1S/C19H24FN5O2/c1-12-16(13(2)23-22-12)7-8-18(26)25-10-9-24(11-17(25)19(21)27)15-5-3-14(20)4-6-15/h3-6,17H,7-11H2,1-2H3,(H2,21,27)(H,22,23). The molecule has 0 radical (unpaired) electrons. The van der Waals surface area contributed by atoms with Crippen LogP contribution in [0, 0.1) is 19.7 Å². The average molecular weight is 373 g/mol. The smallest absolute Gasteiger partial charge is 0.242 e. The summed E-state index contributed by atoms with van der Waals surface area (Å²) < 4.78 is 13.1. The summed E-state index contributed by atoms with van der Waals surface area (Å²) in [5.41, 5.74) is 9.23. The fourth-order valence-electron chi connectivity index (χ4n) is 3.53. The van der Waals surface area contributed by atoms with Crippen molar-refractivity contribution in [1.82, 2.24) is 15.1 Å². The number of nitrogens with zero attached hydrogens (tertiary/aromatic N) is 3. The van der Waals surface area contributed by atoms with E-state index < -0.39 is 11.9 Å². The molecule has 1 unspecified atom stereocenters. The van der Waals surface area contributed by atoms with Crippen LogP contribution in [-0.2, 0) is 16.0 Å². The molecular weight excluding hydrogens is 349 g/mol. The third-order valence-corrected chi connectivity index (χ3v) is 5.09. The number of benzene rings is 1. The van der Waals surface area contributed by atoms with Crippen LogP contribution in [0.5, 0.6) is 0 Å². The molecule has 144 valence electrons. The van der Waals surface area contributed by atoms with Crippen LogP contribution in [-0.4, -0.2) is 52.6 Å². The maximum atomic E-state index is 13.1. The van der Waals surface area contributed by atoms with E-state index >= 15 is 0 Å². The van der Waals surface area contributed by atoms with Crippen molar-refractivity contribution in [3.05, 3.63) is 47.0 Å². The number of H-pyrrole nitrogens is 1. The van der Waals surface area contributed by atoms with Crippen LogP contribution in [0.15, 0.2) is 24.3 Å². The van der Waals surface area contributed by atoms with Crippen LogP contribution >= 0.6 is 0 Å². The number of hydrogen-bond acceptors (Lipinski definition) is 4. The summed E-state index contributed by atoms with van der Waals surface area (Å²) in [6, 6.07) is 5.37. The van der Waals surface area contributed by atoms with E-state index in [0.717, 1.165) is 22.6 Å². The molecule has 2 amide bonds. The molecule has 1 aliphatic rings. The number of anilines is 1. The zero-order chi connectivity index (χ0) is 19.6. The summed E-state index contributed by atoms with van der Waals surface area (Å²) in [4.78, 5) is 28.2. The Labute approximate surface area is 157 Å². The molecule has 3 rings (SSSR count). The van der Waals surface area contributed by atoms with Crippen LogP contribution in [0.1, 0.15) is 23.4 Å². The SMILES string of the molecule is Cc1n[nH]c(C)c1CCC(=O)N1CCN(c2ccc(F)cc2)CC1C(N)=O. The minimum Gasteiger partial charge on any atom is -0.368 e. The Balaban J connectivity index is 1.67. The molecule has 0 aliphatic carbocycles. The second kappa shape index (κ2) is 7.77. The maximum absolute atomic E-state index is 13.1. The van der Waals surface area contributed by atoms with Crippen molar-refractivity contribution >= 4 is 17.5 Å². The number of halogens is 1. The van der Waals surface area contributed by atoms with Gasteiger partial charge in [0.25, 0.3) is 0 Å². The van der Waals surface area contributed by atoms with Gasteiger partial charge in [-0.2, -0.15) is 5.10 Å². The zero-order valence-electron chi connectivity index (χ0n) is 15.5. The highest BCUT2D eigenvalue weighted by molar-refractivity contribution is 5.87. The third kappa shape index (κ3) is 4.10. The van der Waals surface area contributed by atoms with E-state index in [1.165, 1.54) is 12.1 Å². The van der Waals surface area contributed by atoms with Crippen LogP contribution < -0.4 is 10.6 Å². The first-order chi connectivity index (χ1) is 12.9. The summed E-state index contributed by atoms with van der Waals surface area (Å²) in [5, 5.41) is 7.05. The van der Waals surface area contributed by atoms with E-state index in [2.05, 4.69) is 10.2 Å². The fraction of sp³-hybridized carbons (Fsp3) is 0.421. The van der Waals surface area contributed by atoms with Gasteiger partial charge in [-0.1, -0.05) is 0 Å². The number of piperazine rings is 1. The molecule has 1 saturated heterocycles. The summed E-state index contributed by atoms with van der Waals surface area (Å²) in [6.45, 7) is 5.08. The van der Waals surface area contributed by atoms with Crippen molar-refractivity contribution in [3.63, 3.8) is 0 Å². The Morgan fingerprint density at radius 2 is 1.96 bits per heavy atom. The van der Waals surface area contributed by atoms with E-state index in [-0.39, 0.29) is 11.7 Å². The molecule has 2 heterocycles. The van der Waals surface area contributed by atoms with Crippen molar-refractivity contribution in [2.24, 2.45) is 5.73 Å². The lowest BCUT2D eigenvalue weighted by atomic mass is 10.1. The van der Waals surface area contributed by atoms with Gasteiger partial charge in [0.05, 0.1) is 5.69 Å². The summed E-state index contributed by atoms with van der Waals surface area (Å²) >= 11 is 0. The van der Waals surface area contributed by atoms with E-state index in [1.807, 2.05) is 18.7 Å². The summed E-state index contributed by atoms with van der Waals surface area (Å²) in [6.07, 6.45) is 0.859. The molecule has 27 heavy (non-hydrogen) atoms. The Hall–Kier alpha value is -2.90. The van der Waals surface area contributed by atoms with Gasteiger partial charge in [-0.3, -0.25) is 14.7 Å². The van der Waals surface area contributed by atoms with Crippen molar-refractivity contribution in [2.45, 2.75) is 32.7 Å². The van der Waals surface area contributed by atoms with Crippen LogP contribution in [0.2, 0.25) is 0 Å². The Morgan fingerprint density at radius 1 is 1.26 bits per heavy atom. The predicted octanol–water partition coefficient (Wildman–Crippen LogP) is 1.30. The van der Waals surface area contributed by atoms with Gasteiger partial charge in [-0.25, -0.2) is 4.39 Å². The van der Waals surface area contributed by atoms with E-state index in [4.69, 9.17) is 5.73 Å². The van der Waals surface area contributed by atoms with Gasteiger partial charge in [0.1, 0.15) is 11.9 Å². The molecule has 7 nitrogen and oxygen atoms in total. The topological polar surface area (TPSA) is 95.3 Å². The average Bonchev–Trinajstić information content (AvgIpc) is 2.97. The van der Waals surface area contributed by atoms with Crippen molar-refractivity contribution in [2.75, 3.05) is 24.5 Å². The summed E-state index contributed by atoms with van der Waals surface area (Å²) in [7, 11) is 0. The van der Waals surface area contributed by atoms with Gasteiger partial charge in [0.2, 0.25) is 11.8 Å². The van der Waals surface area contributed by atoms with Gasteiger partial charge in [-0.05, 0) is 50.1 Å². The summed E-state index contributed by atoms with van der Waals surface area (Å²) in [5.74, 6) is -0.952. The molecule has 0 bridgehead atoms. The molecular formula is C19H24FN5O2. The molecule has 1 atom stereocenters. The first kappa shape index (κ1) is 18.9. The fourth-order valence-corrected chi connectivity index (χ4v) is 3.53. The molecule has 2 aromatic rings. The number of nitrogens with one attached hydrogen (secondary N) is 1. The molecule has 0 saturated carbocycles. The molecule has 1 aromatic heterocycles. The highest BCUT2D eigenvalue weighted by atomic mass is 19.1. The number of aryl methyl sites for hydroxylation is 2. The second-order valence-corrected chi connectivity index (χ2v) is 6.84. The maximum Gasteiger partial charge on any atom is 0.242 e. The molecule has 1 fully saturated rings. The number of hydrogen-bond donors (Lipinski definition) is 2. The molecule has 8 heteroatoms. The number of amides is 2. The third-order valence-electron chi connectivity index (χ3n) is 5.09. The minimum absolute atomic E-state index is 0.0995. The largest absolute Gasteiger partial charge is 0.368 e. The Bertz CT molecular complexity index is 814. The zero-order valence-corrected chi connectivity index (χ0v) is 15.5. The lowest BCUT2D eigenvalue weighted by molar-refractivity contribution is -0.139. The number of nitrogens with two attached hydrogens (primary N) is 1. The van der Waals surface area contributed by atoms with Crippen LogP contribution in [0.25, 0.3) is 0 Å². The number of aromatic nitrogens is 2. The highest BCUT2D eigenvalue weighted by Gasteiger charge is 2.34. The first-order valence-electron chi connectivity index (χ1n) is 8.96. The lowest BCUT2D eigenvalue weighted by Crippen LogP contribution is -2.60. The number of carbonyl (C=O) groups excluding carboxylic acids is 2. The molecule has 1 aliphatic heterocycles. The lowest BCUT2D eigenvalue weighted by Gasteiger charge is -2.41. The van der Waals surface area contributed by atoms with Crippen molar-refractivity contribution in [3.8, 4) is 0 Å². The normalized spacial score (nSPS) is 17.2. The minimum atomic E-state index is -0.706. The number of aromatic amines is 1. The Kier molecular flexibility index (Phi) is 5.43. The van der Waals surface area contributed by atoms with E-state index in [0.29, 0.717) is 32.5 Å². The van der Waals surface area contributed by atoms with Gasteiger partial charge in [0.15, 0.2) is 0 Å². The van der Waals surface area contributed by atoms with Crippen molar-refractivity contribution in [1.29, 1.82) is 0 Å². The van der Waals surface area contributed by atoms with Crippen LogP contribution in [0.3, 0.4) is 0 Å². The van der Waals surface area contributed by atoms with Gasteiger partial charge in [-0.15, -0.1) is 0 Å². The second-order valence-electron chi connectivity index (χ2n) is 6.84. The predicted molar refractivity (Wildman–Crippen MR) is 99.7 cm³/mol. The van der Waals surface area contributed by atoms with E-state index in [1.54, 1.807) is 17.0 Å². The van der Waals surface area contributed by atoms with Crippen molar-refractivity contribution < 1.29 is 14.0 Å². The molecule has 0 spiro atoms. The molecule has 3 N–H and O–H groups in total. The molecule has 1 aromatic carbocycles. The Morgan fingerprint density at radius 3 is 2.56 bits per heavy atom. The quantitative estimate of drug-likeness (QED) is 0.826. The number of carbonyl (C=O) groups is 2. The van der Waals surface area contributed by atoms with Gasteiger partial charge in [0, 0.05) is 37.4 Å².